The predicted molar refractivity (Wildman–Crippen MR) is 96.2 cm³/mol. The first kappa shape index (κ1) is 16.2. The molecule has 4 N–H and O–H groups in total. The Labute approximate surface area is 149 Å². The van der Waals surface area contributed by atoms with Gasteiger partial charge in [-0.3, -0.25) is 4.98 Å². The van der Waals surface area contributed by atoms with Crippen molar-refractivity contribution in [2.45, 2.75) is 12.6 Å². The third-order valence-electron chi connectivity index (χ3n) is 4.26. The van der Waals surface area contributed by atoms with Crippen LogP contribution in [0.2, 0.25) is 0 Å². The van der Waals surface area contributed by atoms with Crippen molar-refractivity contribution in [3.63, 3.8) is 0 Å². The number of nitrogens with zero attached hydrogens (tertiary/aromatic N) is 5. The minimum absolute atomic E-state index is 0.203. The molecule has 1 aliphatic rings. The fraction of sp³-hybridized carbons (Fsp3) is 0.167. The lowest BCUT2D eigenvalue weighted by atomic mass is 10.1. The van der Waals surface area contributed by atoms with Gasteiger partial charge in [0, 0.05) is 25.7 Å². The zero-order valence-corrected chi connectivity index (χ0v) is 14.1. The van der Waals surface area contributed by atoms with Gasteiger partial charge in [-0.15, -0.1) is 0 Å². The maximum atomic E-state index is 14.1. The van der Waals surface area contributed by atoms with E-state index in [0.29, 0.717) is 29.2 Å². The normalized spacial score (nSPS) is 17.3. The van der Waals surface area contributed by atoms with Crippen molar-refractivity contribution in [2.75, 3.05) is 7.05 Å². The zero-order valence-electron chi connectivity index (χ0n) is 14.1. The fourth-order valence-electron chi connectivity index (χ4n) is 2.89. The summed E-state index contributed by atoms with van der Waals surface area (Å²) in [5, 5.41) is 4.63. The molecular formula is C18H17FN7. The van der Waals surface area contributed by atoms with Crippen molar-refractivity contribution in [3.05, 3.63) is 71.6 Å². The van der Waals surface area contributed by atoms with Crippen LogP contribution in [0.1, 0.15) is 11.3 Å². The molecule has 1 atom stereocenters. The van der Waals surface area contributed by atoms with Crippen molar-refractivity contribution in [3.8, 4) is 0 Å². The van der Waals surface area contributed by atoms with Gasteiger partial charge in [-0.2, -0.15) is 14.8 Å². The van der Waals surface area contributed by atoms with E-state index in [4.69, 9.17) is 11.5 Å². The summed E-state index contributed by atoms with van der Waals surface area (Å²) in [5.74, 6) is 0.391. The molecule has 3 aromatic rings. The second-order valence-electron chi connectivity index (χ2n) is 5.99. The van der Waals surface area contributed by atoms with Gasteiger partial charge in [0.2, 0.25) is 5.96 Å². The zero-order chi connectivity index (χ0) is 18.3. The minimum atomic E-state index is -0.534. The molecule has 0 saturated heterocycles. The molecule has 3 heterocycles. The summed E-state index contributed by atoms with van der Waals surface area (Å²) in [6, 6.07) is 10.3. The van der Waals surface area contributed by atoms with Crippen LogP contribution in [0.4, 0.5) is 4.39 Å². The van der Waals surface area contributed by atoms with Gasteiger partial charge in [-0.1, -0.05) is 18.2 Å². The van der Waals surface area contributed by atoms with Crippen molar-refractivity contribution in [1.82, 2.24) is 19.7 Å². The van der Waals surface area contributed by atoms with Crippen LogP contribution in [-0.4, -0.2) is 38.8 Å². The number of aliphatic imine (C=N–C) groups is 1. The molecule has 1 radical (unpaired) electrons. The summed E-state index contributed by atoms with van der Waals surface area (Å²) in [6.07, 6.45) is 4.29. The van der Waals surface area contributed by atoms with Crippen LogP contribution in [0.15, 0.2) is 53.4 Å². The third kappa shape index (κ3) is 2.70. The van der Waals surface area contributed by atoms with Crippen LogP contribution in [0.5, 0.6) is 0 Å². The number of pyridine rings is 1. The highest BCUT2D eigenvalue weighted by Crippen LogP contribution is 2.21. The quantitative estimate of drug-likeness (QED) is 0.724. The van der Waals surface area contributed by atoms with E-state index in [2.05, 4.69) is 21.2 Å². The SMILES string of the molecule is CN1C(n2nc(Cc3ccccc3F)c3ncccc32)=NC(N)=[C]C1N. The van der Waals surface area contributed by atoms with Crippen LogP contribution in [0.25, 0.3) is 11.0 Å². The minimum Gasteiger partial charge on any atom is -0.383 e. The Morgan fingerprint density at radius 3 is 2.85 bits per heavy atom. The Kier molecular flexibility index (Phi) is 3.89. The molecule has 4 rings (SSSR count). The van der Waals surface area contributed by atoms with E-state index in [1.807, 2.05) is 12.1 Å². The monoisotopic (exact) mass is 350 g/mol. The molecule has 131 valence electrons. The van der Waals surface area contributed by atoms with E-state index in [0.717, 1.165) is 5.52 Å². The molecule has 0 spiro atoms. The molecular weight excluding hydrogens is 333 g/mol. The number of fused-ring (bicyclic) bond motifs is 1. The number of likely N-dealkylation sites (N-methyl/N-ethyl adjacent to an activating group) is 1. The van der Waals surface area contributed by atoms with Crippen LogP contribution in [0, 0.1) is 11.9 Å². The first-order valence-corrected chi connectivity index (χ1v) is 8.07. The standard InChI is InChI=1S/C18H17FN7/c1-25-16(21)10-15(20)23-18(25)26-14-7-4-8-22-17(14)13(24-26)9-11-5-2-3-6-12(11)19/h2-8,16H,9,20-21H2,1H3. The number of nitrogens with two attached hydrogens (primary N) is 2. The van der Waals surface area contributed by atoms with E-state index in [1.165, 1.54) is 6.07 Å². The number of aromatic nitrogens is 3. The molecule has 0 aliphatic carbocycles. The second kappa shape index (κ2) is 6.23. The smallest absolute Gasteiger partial charge is 0.230 e. The number of benzene rings is 1. The third-order valence-corrected chi connectivity index (χ3v) is 4.26. The van der Waals surface area contributed by atoms with E-state index in [1.54, 1.807) is 41.0 Å². The van der Waals surface area contributed by atoms with Gasteiger partial charge < -0.3 is 16.4 Å². The van der Waals surface area contributed by atoms with Crippen molar-refractivity contribution in [1.29, 1.82) is 0 Å². The maximum Gasteiger partial charge on any atom is 0.230 e. The van der Waals surface area contributed by atoms with Crippen molar-refractivity contribution >= 4 is 17.0 Å². The van der Waals surface area contributed by atoms with Gasteiger partial charge in [0.05, 0.1) is 11.2 Å². The summed E-state index contributed by atoms with van der Waals surface area (Å²) in [6.45, 7) is 0. The van der Waals surface area contributed by atoms with Crippen LogP contribution in [0.3, 0.4) is 0 Å². The summed E-state index contributed by atoms with van der Waals surface area (Å²) in [4.78, 5) is 10.4. The number of halogens is 1. The number of hydrogen-bond donors (Lipinski definition) is 2. The van der Waals surface area contributed by atoms with Gasteiger partial charge in [0.15, 0.2) is 0 Å². The molecule has 1 unspecified atom stereocenters. The summed E-state index contributed by atoms with van der Waals surface area (Å²) >= 11 is 0. The lowest BCUT2D eigenvalue weighted by molar-refractivity contribution is 0.399. The average Bonchev–Trinajstić information content (AvgIpc) is 2.99. The van der Waals surface area contributed by atoms with E-state index < -0.39 is 6.17 Å². The average molecular weight is 350 g/mol. The lowest BCUT2D eigenvalue weighted by Crippen LogP contribution is -2.48. The Balaban J connectivity index is 1.85. The van der Waals surface area contributed by atoms with Crippen LogP contribution < -0.4 is 11.5 Å². The molecule has 0 bridgehead atoms. The topological polar surface area (TPSA) is 98.3 Å². The van der Waals surface area contributed by atoms with Gasteiger partial charge in [0.1, 0.15) is 23.3 Å². The summed E-state index contributed by atoms with van der Waals surface area (Å²) in [5.41, 5.74) is 14.4. The molecule has 0 saturated carbocycles. The van der Waals surface area contributed by atoms with Crippen LogP contribution >= 0.6 is 0 Å². The van der Waals surface area contributed by atoms with E-state index >= 15 is 0 Å². The highest BCUT2D eigenvalue weighted by Gasteiger charge is 2.24. The van der Waals surface area contributed by atoms with Gasteiger partial charge in [-0.25, -0.2) is 4.39 Å². The molecule has 1 aliphatic heterocycles. The lowest BCUT2D eigenvalue weighted by Gasteiger charge is -2.28. The fourth-order valence-corrected chi connectivity index (χ4v) is 2.89. The molecule has 2 aromatic heterocycles. The highest BCUT2D eigenvalue weighted by molar-refractivity contribution is 5.93. The van der Waals surface area contributed by atoms with Crippen molar-refractivity contribution < 1.29 is 4.39 Å². The molecule has 1 aromatic carbocycles. The second-order valence-corrected chi connectivity index (χ2v) is 5.99. The molecule has 7 nitrogen and oxygen atoms in total. The van der Waals surface area contributed by atoms with Crippen molar-refractivity contribution in [2.24, 2.45) is 16.5 Å². The van der Waals surface area contributed by atoms with E-state index in [-0.39, 0.29) is 11.6 Å². The predicted octanol–water partition coefficient (Wildman–Crippen LogP) is 1.20. The van der Waals surface area contributed by atoms with E-state index in [9.17, 15) is 4.39 Å². The Morgan fingerprint density at radius 1 is 1.23 bits per heavy atom. The number of hydrogen-bond acceptors (Lipinski definition) is 6. The highest BCUT2D eigenvalue weighted by atomic mass is 19.1. The summed E-state index contributed by atoms with van der Waals surface area (Å²) in [7, 11) is 1.78. The molecule has 8 heteroatoms. The van der Waals surface area contributed by atoms with Gasteiger partial charge in [-0.05, 0) is 23.8 Å². The Hall–Kier alpha value is -3.26. The maximum absolute atomic E-state index is 14.1. The first-order valence-electron chi connectivity index (χ1n) is 8.07. The number of rotatable bonds is 2. The Bertz CT molecular complexity index is 1040. The Morgan fingerprint density at radius 2 is 2.04 bits per heavy atom. The first-order chi connectivity index (χ1) is 12.5. The molecule has 0 amide bonds. The molecule has 0 fully saturated rings. The van der Waals surface area contributed by atoms with Gasteiger partial charge >= 0.3 is 0 Å². The molecule has 26 heavy (non-hydrogen) atoms. The van der Waals surface area contributed by atoms with Gasteiger partial charge in [0.25, 0.3) is 0 Å². The largest absolute Gasteiger partial charge is 0.383 e. The van der Waals surface area contributed by atoms with Crippen LogP contribution in [-0.2, 0) is 6.42 Å². The summed E-state index contributed by atoms with van der Waals surface area (Å²) < 4.78 is 15.7.